The molecule has 0 radical (unpaired) electrons. The van der Waals surface area contributed by atoms with Crippen LogP contribution in [0.3, 0.4) is 0 Å². The first kappa shape index (κ1) is 89.1. The van der Waals surface area contributed by atoms with E-state index in [-0.39, 0.29) is 32.0 Å². The summed E-state index contributed by atoms with van der Waals surface area (Å²) in [5.74, 6) is -0.811. The molecule has 0 heterocycles. The lowest BCUT2D eigenvalue weighted by Crippen LogP contribution is -2.37. The molecule has 0 aliphatic rings. The second kappa shape index (κ2) is 72.4. The third-order valence-electron chi connectivity index (χ3n) is 15.4. The van der Waals surface area contributed by atoms with Crippen LogP contribution in [-0.2, 0) is 32.7 Å². The maximum Gasteiger partial charge on any atom is 0.472 e. The number of phosphoric acid groups is 1. The lowest BCUT2D eigenvalue weighted by Gasteiger charge is -2.24. The lowest BCUT2D eigenvalue weighted by molar-refractivity contribution is -0.870. The average molecular weight is 1320 g/mol. The van der Waals surface area contributed by atoms with Crippen molar-refractivity contribution in [1.29, 1.82) is 0 Å². The number of allylic oxidation sites excluding steroid dienone is 30. The molecule has 0 saturated heterocycles. The molecule has 0 aliphatic carbocycles. The number of carbonyl (C=O) groups is 2. The number of quaternary nitrogens is 1. The number of ether oxygens (including phenoxy) is 2. The molecule has 0 fully saturated rings. The molecule has 94 heavy (non-hydrogen) atoms. The number of carbonyl (C=O) groups excluding carboxylic acids is 2. The number of phosphoric ester groups is 1. The number of hydrogen-bond acceptors (Lipinski definition) is 7. The summed E-state index contributed by atoms with van der Waals surface area (Å²) in [7, 11) is 1.46. The number of nitrogens with zero attached hydrogens (tertiary/aromatic N) is 1. The second-order valence-electron chi connectivity index (χ2n) is 25.6. The first-order valence-electron chi connectivity index (χ1n) is 37.5. The molecule has 0 aromatic heterocycles. The van der Waals surface area contributed by atoms with Gasteiger partial charge in [-0.2, -0.15) is 0 Å². The van der Waals surface area contributed by atoms with Crippen molar-refractivity contribution < 1.29 is 42.1 Å². The largest absolute Gasteiger partial charge is 0.472 e. The van der Waals surface area contributed by atoms with E-state index in [1.807, 2.05) is 21.1 Å². The molecule has 0 amide bonds. The molecule has 0 spiro atoms. The van der Waals surface area contributed by atoms with E-state index in [1.54, 1.807) is 0 Å². The Labute approximate surface area is 578 Å². The zero-order valence-corrected chi connectivity index (χ0v) is 61.5. The number of hydrogen-bond donors (Lipinski definition) is 1. The Kier molecular flexibility index (Phi) is 68.6. The zero-order chi connectivity index (χ0) is 68.3. The van der Waals surface area contributed by atoms with Gasteiger partial charge in [-0.15, -0.1) is 0 Å². The Morgan fingerprint density at radius 2 is 0.574 bits per heavy atom. The van der Waals surface area contributed by atoms with Crippen LogP contribution in [0.4, 0.5) is 0 Å². The molecule has 1 N–H and O–H groups in total. The highest BCUT2D eigenvalue weighted by Gasteiger charge is 2.27. The molecule has 9 nitrogen and oxygen atoms in total. The van der Waals surface area contributed by atoms with Crippen LogP contribution in [0.25, 0.3) is 0 Å². The van der Waals surface area contributed by atoms with E-state index in [2.05, 4.69) is 196 Å². The van der Waals surface area contributed by atoms with Crippen molar-refractivity contribution in [1.82, 2.24) is 0 Å². The molecule has 0 aromatic carbocycles. The fourth-order valence-corrected chi connectivity index (χ4v) is 10.5. The summed E-state index contributed by atoms with van der Waals surface area (Å²) in [4.78, 5) is 36.0. The van der Waals surface area contributed by atoms with Gasteiger partial charge in [-0.3, -0.25) is 18.6 Å². The minimum absolute atomic E-state index is 0.0225. The molecule has 0 rings (SSSR count). The monoisotopic (exact) mass is 1320 g/mol. The highest BCUT2D eigenvalue weighted by Crippen LogP contribution is 2.43. The summed E-state index contributed by atoms with van der Waals surface area (Å²) in [5, 5.41) is 0. The lowest BCUT2D eigenvalue weighted by atomic mass is 10.0. The molecular weight excluding hydrogens is 1180 g/mol. The molecule has 0 aromatic rings. The van der Waals surface area contributed by atoms with Crippen molar-refractivity contribution in [3.63, 3.8) is 0 Å². The van der Waals surface area contributed by atoms with Gasteiger partial charge in [-0.05, 0) is 135 Å². The van der Waals surface area contributed by atoms with Gasteiger partial charge in [0.1, 0.15) is 19.8 Å². The Bertz CT molecular complexity index is 2240. The average Bonchev–Trinajstić information content (AvgIpc) is 1.56. The number of rotatable bonds is 67. The molecular formula is C84H139NO8P+. The van der Waals surface area contributed by atoms with Gasteiger partial charge in [0.15, 0.2) is 6.10 Å². The summed E-state index contributed by atoms with van der Waals surface area (Å²) in [5.41, 5.74) is 0. The predicted molar refractivity (Wildman–Crippen MR) is 408 cm³/mol. The van der Waals surface area contributed by atoms with E-state index in [4.69, 9.17) is 18.5 Å². The van der Waals surface area contributed by atoms with Crippen molar-refractivity contribution in [2.24, 2.45) is 0 Å². The van der Waals surface area contributed by atoms with Crippen LogP contribution in [0.15, 0.2) is 182 Å². The van der Waals surface area contributed by atoms with Crippen molar-refractivity contribution in [2.45, 2.75) is 290 Å². The van der Waals surface area contributed by atoms with Crippen molar-refractivity contribution in [3.8, 4) is 0 Å². The first-order chi connectivity index (χ1) is 46.0. The van der Waals surface area contributed by atoms with Crippen LogP contribution in [-0.4, -0.2) is 74.9 Å². The van der Waals surface area contributed by atoms with Gasteiger partial charge in [-0.25, -0.2) is 4.57 Å². The number of likely N-dealkylation sites (N-methyl/N-ethyl adjacent to an activating group) is 1. The molecule has 2 unspecified atom stereocenters. The Balaban J connectivity index is 4.08. The van der Waals surface area contributed by atoms with Crippen molar-refractivity contribution in [3.05, 3.63) is 182 Å². The molecule has 10 heteroatoms. The summed E-state index contributed by atoms with van der Waals surface area (Å²) in [6.45, 7) is 4.19. The van der Waals surface area contributed by atoms with Gasteiger partial charge in [0.2, 0.25) is 0 Å². The molecule has 0 aliphatic heterocycles. The highest BCUT2D eigenvalue weighted by atomic mass is 31.2. The standard InChI is InChI=1S/C84H138NO8P/c1-6-8-10-12-14-16-18-20-22-24-26-28-30-32-34-36-38-39-40-41-42-43-44-45-47-49-51-53-55-57-59-61-63-65-67-69-71-73-75-77-84(87)93-82(81-92-94(88,89)91-79-78-85(3,4)5)80-90-83(86)76-74-72-70-68-66-64-62-60-58-56-54-52-50-48-46-37-35-33-31-29-27-25-23-21-19-17-15-13-11-9-7-2/h8-11,14-17,20-23,26-29,32-35,38-39,41-42,44-46,48,52,54,82H,6-7,12-13,18-19,24-25,30-31,36-37,40,43,47,49-51,53,55-81H2,1-5H3/p+1/b10-8-,11-9-,16-14-,17-15-,22-20-,23-21-,28-26-,29-27-,34-32-,35-33-,39-38-,42-41-,45-44-,48-46-,54-52-. The third kappa shape index (κ3) is 76.1. The van der Waals surface area contributed by atoms with Gasteiger partial charge >= 0.3 is 19.8 Å². The van der Waals surface area contributed by atoms with E-state index in [0.29, 0.717) is 17.4 Å². The quantitative estimate of drug-likeness (QED) is 0.0211. The van der Waals surface area contributed by atoms with Gasteiger partial charge in [0, 0.05) is 12.8 Å². The van der Waals surface area contributed by atoms with Crippen LogP contribution in [0.2, 0.25) is 0 Å². The van der Waals surface area contributed by atoms with Gasteiger partial charge in [0.25, 0.3) is 0 Å². The maximum absolute atomic E-state index is 12.9. The second-order valence-corrected chi connectivity index (χ2v) is 27.0. The minimum atomic E-state index is -4.41. The van der Waals surface area contributed by atoms with Gasteiger partial charge in [0.05, 0.1) is 27.7 Å². The van der Waals surface area contributed by atoms with Crippen molar-refractivity contribution in [2.75, 3.05) is 47.5 Å². The van der Waals surface area contributed by atoms with E-state index in [0.717, 1.165) is 148 Å². The fraction of sp³-hybridized carbons (Fsp3) is 0.619. The minimum Gasteiger partial charge on any atom is -0.462 e. The molecule has 0 bridgehead atoms. The summed E-state index contributed by atoms with van der Waals surface area (Å²) in [6, 6.07) is 0. The van der Waals surface area contributed by atoms with Crippen LogP contribution in [0, 0.1) is 0 Å². The van der Waals surface area contributed by atoms with Gasteiger partial charge < -0.3 is 18.9 Å². The van der Waals surface area contributed by atoms with Crippen LogP contribution >= 0.6 is 7.82 Å². The topological polar surface area (TPSA) is 108 Å². The van der Waals surface area contributed by atoms with E-state index < -0.39 is 26.5 Å². The van der Waals surface area contributed by atoms with Crippen LogP contribution < -0.4 is 0 Å². The highest BCUT2D eigenvalue weighted by molar-refractivity contribution is 7.47. The van der Waals surface area contributed by atoms with Gasteiger partial charge in [-0.1, -0.05) is 318 Å². The zero-order valence-electron chi connectivity index (χ0n) is 60.6. The molecule has 532 valence electrons. The summed E-state index contributed by atoms with van der Waals surface area (Å²) < 4.78 is 34.8. The summed E-state index contributed by atoms with van der Waals surface area (Å²) >= 11 is 0. The molecule has 2 atom stereocenters. The van der Waals surface area contributed by atoms with Crippen LogP contribution in [0.5, 0.6) is 0 Å². The maximum atomic E-state index is 12.9. The number of esters is 2. The van der Waals surface area contributed by atoms with E-state index >= 15 is 0 Å². The van der Waals surface area contributed by atoms with Crippen LogP contribution in [0.1, 0.15) is 284 Å². The third-order valence-corrected chi connectivity index (χ3v) is 16.4. The predicted octanol–water partition coefficient (Wildman–Crippen LogP) is 25.0. The van der Waals surface area contributed by atoms with E-state index in [9.17, 15) is 19.0 Å². The molecule has 0 saturated carbocycles. The Morgan fingerprint density at radius 3 is 0.851 bits per heavy atom. The Hall–Kier alpha value is -4.89. The van der Waals surface area contributed by atoms with E-state index in [1.165, 1.54) is 103 Å². The smallest absolute Gasteiger partial charge is 0.462 e. The summed E-state index contributed by atoms with van der Waals surface area (Å²) in [6.07, 6.45) is 111. The Morgan fingerprint density at radius 1 is 0.330 bits per heavy atom. The normalized spacial score (nSPS) is 14.1. The first-order valence-corrected chi connectivity index (χ1v) is 39.0. The fourth-order valence-electron chi connectivity index (χ4n) is 9.78. The van der Waals surface area contributed by atoms with Crippen molar-refractivity contribution >= 4 is 19.8 Å². The SMILES string of the molecule is CC/C=C\C/C=C\C/C=C\C/C=C\C/C=C\C/C=C\C/C=C\C/C=C\CCCCCCCCCCCCCCCCC(=O)OC(COC(=O)CCCCCCCCCCC/C=C\C/C=C\C/C=C\C/C=C\C/C=C\C/C=C\C/C=C\CC)COP(=O)(O)OCC[N+](C)(C)C. The number of unbranched alkanes of at least 4 members (excludes halogenated alkanes) is 23.